The molecule has 4 heteroatoms. The van der Waals surface area contributed by atoms with E-state index in [0.29, 0.717) is 5.56 Å². The lowest BCUT2D eigenvalue weighted by atomic mass is 10.1. The molecule has 3 rings (SSSR count). The summed E-state index contributed by atoms with van der Waals surface area (Å²) >= 11 is 1.61. The number of aryl methyl sites for hydroxylation is 1. The second kappa shape index (κ2) is 6.54. The van der Waals surface area contributed by atoms with Gasteiger partial charge < -0.3 is 5.32 Å². The highest BCUT2D eigenvalue weighted by molar-refractivity contribution is 7.08. The molecule has 0 aliphatic heterocycles. The largest absolute Gasteiger partial charge is 0.322 e. The Balaban J connectivity index is 1.81. The zero-order chi connectivity index (χ0) is 15.4. The maximum Gasteiger partial charge on any atom is 0.255 e. The maximum atomic E-state index is 12.4. The molecule has 22 heavy (non-hydrogen) atoms. The number of aromatic nitrogens is 1. The van der Waals surface area contributed by atoms with E-state index in [2.05, 4.69) is 23.3 Å². The molecule has 2 heterocycles. The van der Waals surface area contributed by atoms with Crippen LogP contribution in [0.15, 0.2) is 59.4 Å². The van der Waals surface area contributed by atoms with E-state index in [4.69, 9.17) is 0 Å². The Morgan fingerprint density at radius 2 is 2.14 bits per heavy atom. The van der Waals surface area contributed by atoms with Crippen molar-refractivity contribution in [3.63, 3.8) is 0 Å². The second-order valence-corrected chi connectivity index (χ2v) is 5.73. The van der Waals surface area contributed by atoms with Crippen molar-refractivity contribution in [2.45, 2.75) is 13.3 Å². The Morgan fingerprint density at radius 3 is 2.91 bits per heavy atom. The SMILES string of the molecule is CCc1cccc(NC(=O)c2ccnc(-c3ccsc3)c2)c1. The average molecular weight is 308 g/mol. The predicted octanol–water partition coefficient (Wildman–Crippen LogP) is 4.62. The minimum absolute atomic E-state index is 0.118. The summed E-state index contributed by atoms with van der Waals surface area (Å²) in [6, 6.07) is 13.5. The molecule has 0 bridgehead atoms. The van der Waals surface area contributed by atoms with Crippen LogP contribution in [0.3, 0.4) is 0 Å². The van der Waals surface area contributed by atoms with Gasteiger partial charge in [0.1, 0.15) is 0 Å². The summed E-state index contributed by atoms with van der Waals surface area (Å²) in [5.74, 6) is -0.118. The van der Waals surface area contributed by atoms with Crippen molar-refractivity contribution in [2.75, 3.05) is 5.32 Å². The number of nitrogens with zero attached hydrogens (tertiary/aromatic N) is 1. The Bertz CT molecular complexity index is 781. The summed E-state index contributed by atoms with van der Waals surface area (Å²) in [4.78, 5) is 16.7. The summed E-state index contributed by atoms with van der Waals surface area (Å²) in [6.07, 6.45) is 2.62. The molecule has 1 amide bonds. The van der Waals surface area contributed by atoms with E-state index in [1.54, 1.807) is 23.6 Å². The van der Waals surface area contributed by atoms with Crippen molar-refractivity contribution in [2.24, 2.45) is 0 Å². The van der Waals surface area contributed by atoms with Gasteiger partial charge in [-0.3, -0.25) is 9.78 Å². The topological polar surface area (TPSA) is 42.0 Å². The molecule has 2 aromatic heterocycles. The number of carbonyl (C=O) groups is 1. The first-order valence-corrected chi connectivity index (χ1v) is 8.09. The van der Waals surface area contributed by atoms with Gasteiger partial charge in [-0.25, -0.2) is 0 Å². The number of thiophene rings is 1. The summed E-state index contributed by atoms with van der Waals surface area (Å²) in [6.45, 7) is 2.09. The van der Waals surface area contributed by atoms with E-state index in [1.807, 2.05) is 41.1 Å². The Morgan fingerprint density at radius 1 is 1.23 bits per heavy atom. The number of carbonyl (C=O) groups excluding carboxylic acids is 1. The van der Waals surface area contributed by atoms with Crippen molar-refractivity contribution >= 4 is 22.9 Å². The summed E-state index contributed by atoms with van der Waals surface area (Å²) in [5.41, 5.74) is 4.48. The zero-order valence-corrected chi connectivity index (χ0v) is 13.1. The lowest BCUT2D eigenvalue weighted by Crippen LogP contribution is -2.12. The van der Waals surface area contributed by atoms with Gasteiger partial charge in [-0.2, -0.15) is 11.3 Å². The fraction of sp³-hybridized carbons (Fsp3) is 0.111. The second-order valence-electron chi connectivity index (χ2n) is 4.95. The van der Waals surface area contributed by atoms with Crippen LogP contribution in [0.1, 0.15) is 22.8 Å². The average Bonchev–Trinajstić information content (AvgIpc) is 3.09. The lowest BCUT2D eigenvalue weighted by molar-refractivity contribution is 0.102. The molecule has 0 saturated carbocycles. The predicted molar refractivity (Wildman–Crippen MR) is 91.3 cm³/mol. The first-order chi connectivity index (χ1) is 10.8. The van der Waals surface area contributed by atoms with Gasteiger partial charge in [-0.1, -0.05) is 19.1 Å². The molecule has 110 valence electrons. The number of nitrogens with one attached hydrogen (secondary N) is 1. The molecule has 0 spiro atoms. The van der Waals surface area contributed by atoms with Crippen LogP contribution in [0.2, 0.25) is 0 Å². The molecule has 0 radical (unpaired) electrons. The van der Waals surface area contributed by atoms with Gasteiger partial charge in [0.15, 0.2) is 0 Å². The molecule has 0 saturated heterocycles. The molecule has 1 N–H and O–H groups in total. The van der Waals surface area contributed by atoms with Crippen molar-refractivity contribution in [1.29, 1.82) is 0 Å². The third kappa shape index (κ3) is 3.23. The summed E-state index contributed by atoms with van der Waals surface area (Å²) in [5, 5.41) is 6.96. The fourth-order valence-electron chi connectivity index (χ4n) is 2.21. The standard InChI is InChI=1S/C18H16N2OS/c1-2-13-4-3-5-16(10-13)20-18(21)14-6-8-19-17(11-14)15-7-9-22-12-15/h3-12H,2H2,1H3,(H,20,21). The first-order valence-electron chi connectivity index (χ1n) is 7.15. The number of hydrogen-bond donors (Lipinski definition) is 1. The van der Waals surface area contributed by atoms with E-state index in [-0.39, 0.29) is 5.91 Å². The quantitative estimate of drug-likeness (QED) is 0.764. The van der Waals surface area contributed by atoms with Gasteiger partial charge in [0.2, 0.25) is 0 Å². The third-order valence-corrected chi connectivity index (χ3v) is 4.12. The van der Waals surface area contributed by atoms with Gasteiger partial charge >= 0.3 is 0 Å². The smallest absolute Gasteiger partial charge is 0.255 e. The Labute approximate surface area is 133 Å². The van der Waals surface area contributed by atoms with Gasteiger partial charge in [-0.15, -0.1) is 0 Å². The van der Waals surface area contributed by atoms with Crippen LogP contribution in [0.5, 0.6) is 0 Å². The molecular weight excluding hydrogens is 292 g/mol. The van der Waals surface area contributed by atoms with Crippen molar-refractivity contribution in [1.82, 2.24) is 4.98 Å². The molecule has 0 aliphatic rings. The molecule has 0 aliphatic carbocycles. The summed E-state index contributed by atoms with van der Waals surface area (Å²) < 4.78 is 0. The van der Waals surface area contributed by atoms with E-state index in [0.717, 1.165) is 23.4 Å². The van der Waals surface area contributed by atoms with Crippen LogP contribution in [0.4, 0.5) is 5.69 Å². The molecule has 0 unspecified atom stereocenters. The van der Waals surface area contributed by atoms with Gasteiger partial charge in [0.25, 0.3) is 5.91 Å². The van der Waals surface area contributed by atoms with E-state index < -0.39 is 0 Å². The van der Waals surface area contributed by atoms with Crippen LogP contribution in [0.25, 0.3) is 11.3 Å². The highest BCUT2D eigenvalue weighted by Crippen LogP contribution is 2.21. The molecular formula is C18H16N2OS. The normalized spacial score (nSPS) is 10.4. The molecule has 3 nitrogen and oxygen atoms in total. The van der Waals surface area contributed by atoms with Crippen molar-refractivity contribution in [3.05, 3.63) is 70.5 Å². The van der Waals surface area contributed by atoms with E-state index >= 15 is 0 Å². The van der Waals surface area contributed by atoms with Crippen molar-refractivity contribution in [3.8, 4) is 11.3 Å². The number of rotatable bonds is 4. The van der Waals surface area contributed by atoms with Crippen LogP contribution >= 0.6 is 11.3 Å². The molecule has 0 fully saturated rings. The fourth-order valence-corrected chi connectivity index (χ4v) is 2.86. The molecule has 0 atom stereocenters. The zero-order valence-electron chi connectivity index (χ0n) is 12.2. The number of amides is 1. The highest BCUT2D eigenvalue weighted by Gasteiger charge is 2.09. The van der Waals surface area contributed by atoms with Crippen LogP contribution < -0.4 is 5.32 Å². The van der Waals surface area contributed by atoms with E-state index in [9.17, 15) is 4.79 Å². The number of benzene rings is 1. The van der Waals surface area contributed by atoms with Crippen molar-refractivity contribution < 1.29 is 4.79 Å². The number of anilines is 1. The summed E-state index contributed by atoms with van der Waals surface area (Å²) in [7, 11) is 0. The maximum absolute atomic E-state index is 12.4. The van der Waals surface area contributed by atoms with Gasteiger partial charge in [-0.05, 0) is 47.7 Å². The molecule has 1 aromatic carbocycles. The van der Waals surface area contributed by atoms with Gasteiger partial charge in [0.05, 0.1) is 5.69 Å². The minimum Gasteiger partial charge on any atom is -0.322 e. The minimum atomic E-state index is -0.118. The molecule has 3 aromatic rings. The lowest BCUT2D eigenvalue weighted by Gasteiger charge is -2.07. The number of pyridine rings is 1. The number of hydrogen-bond acceptors (Lipinski definition) is 3. The third-order valence-electron chi connectivity index (χ3n) is 3.43. The monoisotopic (exact) mass is 308 g/mol. The van der Waals surface area contributed by atoms with Gasteiger partial charge in [0, 0.05) is 28.4 Å². The Hall–Kier alpha value is -2.46. The van der Waals surface area contributed by atoms with Crippen LogP contribution in [-0.4, -0.2) is 10.9 Å². The first kappa shape index (κ1) is 14.5. The van der Waals surface area contributed by atoms with Crippen LogP contribution in [0, 0.1) is 0 Å². The highest BCUT2D eigenvalue weighted by atomic mass is 32.1. The van der Waals surface area contributed by atoms with E-state index in [1.165, 1.54) is 5.56 Å². The Kier molecular flexibility index (Phi) is 4.30. The van der Waals surface area contributed by atoms with Crippen LogP contribution in [-0.2, 0) is 6.42 Å².